The minimum atomic E-state index is -2.17. The van der Waals surface area contributed by atoms with Crippen LogP contribution in [0.3, 0.4) is 0 Å². The predicted molar refractivity (Wildman–Crippen MR) is 80.6 cm³/mol. The molecule has 0 atom stereocenters. The van der Waals surface area contributed by atoms with E-state index in [0.717, 1.165) is 0 Å². The molecule has 2 aromatic carbocycles. The van der Waals surface area contributed by atoms with Gasteiger partial charge in [0, 0.05) is 21.8 Å². The van der Waals surface area contributed by atoms with E-state index in [0.29, 0.717) is 0 Å². The summed E-state index contributed by atoms with van der Waals surface area (Å²) in [5.41, 5.74) is 2.42. The van der Waals surface area contributed by atoms with Crippen molar-refractivity contribution in [2.24, 2.45) is 0 Å². The van der Waals surface area contributed by atoms with Crippen molar-refractivity contribution >= 4 is 36.4 Å². The van der Waals surface area contributed by atoms with Gasteiger partial charge in [-0.3, -0.25) is 0 Å². The normalized spacial score (nSPS) is 9.43. The Morgan fingerprint density at radius 3 is 1.19 bits per heavy atom. The summed E-state index contributed by atoms with van der Waals surface area (Å²) < 4.78 is 0. The number of para-hydroxylation sites is 2. The first kappa shape index (κ1) is 17.2. The molecule has 0 aliphatic heterocycles. The van der Waals surface area contributed by atoms with Gasteiger partial charge in [-0.2, -0.15) is 0 Å². The molecule has 7 nitrogen and oxygen atoms in total. The van der Waals surface area contributed by atoms with Gasteiger partial charge in [-0.15, -0.1) is 0 Å². The molecule has 0 amide bonds. The molecule has 0 saturated carbocycles. The van der Waals surface area contributed by atoms with Crippen molar-refractivity contribution in [2.75, 3.05) is 0 Å². The number of nitrogens with one attached hydrogen (secondary N) is 1. The molecule has 1 heterocycles. The first-order valence-electron chi connectivity index (χ1n) is 5.95. The highest BCUT2D eigenvalue weighted by Crippen LogP contribution is 2.24. The molecule has 0 saturated heterocycles. The Labute approximate surface area is 121 Å². The van der Waals surface area contributed by atoms with E-state index in [1.54, 1.807) is 0 Å². The van der Waals surface area contributed by atoms with Gasteiger partial charge in [-0.25, -0.2) is 0 Å². The van der Waals surface area contributed by atoms with Crippen molar-refractivity contribution in [1.29, 1.82) is 0 Å². The Morgan fingerprint density at radius 2 is 0.857 bits per heavy atom. The first-order valence-corrected chi connectivity index (χ1v) is 5.95. The van der Waals surface area contributed by atoms with Gasteiger partial charge in [-0.05, 0) is 12.1 Å². The number of rotatable bonds is 0. The summed E-state index contributed by atoms with van der Waals surface area (Å²) >= 11 is 0. The van der Waals surface area contributed by atoms with Crippen LogP contribution >= 0.6 is 0 Å². The van der Waals surface area contributed by atoms with Gasteiger partial charge in [0.15, 0.2) is 0 Å². The number of hydrogen-bond donors (Lipinski definition) is 7. The summed E-state index contributed by atoms with van der Waals surface area (Å²) in [6, 6.07) is 16.8. The molecule has 3 rings (SSSR count). The zero-order valence-electron chi connectivity index (χ0n) is 11.0. The average molecular weight is 291 g/mol. The fourth-order valence-corrected chi connectivity index (χ4v) is 1.80. The summed E-state index contributed by atoms with van der Waals surface area (Å²) in [4.78, 5) is 3.38. The SMILES string of the molecule is OB(O)O.OB(O)O.c1ccc2c(c1)[nH]c1ccccc12. The molecule has 0 radical (unpaired) electrons. The Bertz CT molecular complexity index is 611. The van der Waals surface area contributed by atoms with E-state index < -0.39 is 14.6 Å². The van der Waals surface area contributed by atoms with Gasteiger partial charge >= 0.3 is 14.6 Å². The van der Waals surface area contributed by atoms with Gasteiger partial charge < -0.3 is 35.1 Å². The van der Waals surface area contributed by atoms with Crippen LogP contribution in [0.1, 0.15) is 0 Å². The van der Waals surface area contributed by atoms with E-state index >= 15 is 0 Å². The second-order valence-corrected chi connectivity index (χ2v) is 3.91. The lowest BCUT2D eigenvalue weighted by molar-refractivity contribution is 0.276. The van der Waals surface area contributed by atoms with Gasteiger partial charge in [0.05, 0.1) is 0 Å². The van der Waals surface area contributed by atoms with E-state index in [1.807, 2.05) is 0 Å². The monoisotopic (exact) mass is 291 g/mol. The molecular weight excluding hydrogens is 276 g/mol. The molecule has 0 unspecified atom stereocenters. The first-order chi connectivity index (χ1) is 9.91. The number of aromatic nitrogens is 1. The summed E-state index contributed by atoms with van der Waals surface area (Å²) in [5, 5.41) is 45.6. The van der Waals surface area contributed by atoms with E-state index in [1.165, 1.54) is 21.8 Å². The lowest BCUT2D eigenvalue weighted by atomic mass is 10.2. The molecule has 3 aromatic rings. The minimum Gasteiger partial charge on any atom is -0.402 e. The number of benzene rings is 2. The molecule has 0 spiro atoms. The van der Waals surface area contributed by atoms with Crippen LogP contribution in [0.5, 0.6) is 0 Å². The van der Waals surface area contributed by atoms with Crippen LogP contribution in [-0.4, -0.2) is 49.8 Å². The van der Waals surface area contributed by atoms with E-state index in [4.69, 9.17) is 30.1 Å². The third-order valence-electron chi connectivity index (χ3n) is 2.41. The van der Waals surface area contributed by atoms with Crippen molar-refractivity contribution in [1.82, 2.24) is 4.98 Å². The van der Waals surface area contributed by atoms with Crippen LogP contribution in [-0.2, 0) is 0 Å². The quantitative estimate of drug-likeness (QED) is 0.271. The highest BCUT2D eigenvalue weighted by Gasteiger charge is 2.00. The lowest BCUT2D eigenvalue weighted by Gasteiger charge is -1.87. The minimum absolute atomic E-state index is 1.21. The average Bonchev–Trinajstić information content (AvgIpc) is 2.76. The summed E-state index contributed by atoms with van der Waals surface area (Å²) in [6.45, 7) is 0. The highest BCUT2D eigenvalue weighted by atomic mass is 16.5. The van der Waals surface area contributed by atoms with Crippen LogP contribution in [0.4, 0.5) is 0 Å². The largest absolute Gasteiger partial charge is 0.631 e. The third kappa shape index (κ3) is 5.96. The molecule has 1 aromatic heterocycles. The summed E-state index contributed by atoms with van der Waals surface area (Å²) in [7, 11) is -4.33. The van der Waals surface area contributed by atoms with E-state index in [-0.39, 0.29) is 0 Å². The predicted octanol–water partition coefficient (Wildman–Crippen LogP) is -0.782. The highest BCUT2D eigenvalue weighted by molar-refractivity contribution is 6.30. The Morgan fingerprint density at radius 1 is 0.571 bits per heavy atom. The standard InChI is InChI=1S/C12H9N.2BH3O3/c1-3-7-11-9(5-1)10-6-2-4-8-12(10)13-11;2*2-1(3)4/h1-8,13H;2*2-4H. The zero-order valence-corrected chi connectivity index (χ0v) is 11.0. The van der Waals surface area contributed by atoms with Crippen LogP contribution in [0.2, 0.25) is 0 Å². The number of H-pyrrole nitrogens is 1. The van der Waals surface area contributed by atoms with Crippen LogP contribution in [0.25, 0.3) is 21.8 Å². The number of aromatic amines is 1. The summed E-state index contributed by atoms with van der Waals surface area (Å²) in [5.74, 6) is 0. The maximum Gasteiger partial charge on any atom is 0.631 e. The van der Waals surface area contributed by atoms with Crippen molar-refractivity contribution in [3.8, 4) is 0 Å². The molecular formula is C12H15B2NO6. The lowest BCUT2D eigenvalue weighted by Crippen LogP contribution is -2.07. The number of hydrogen-bond acceptors (Lipinski definition) is 6. The Hall–Kier alpha value is -1.87. The second-order valence-electron chi connectivity index (χ2n) is 3.91. The van der Waals surface area contributed by atoms with Gasteiger partial charge in [0.2, 0.25) is 0 Å². The maximum absolute atomic E-state index is 7.17. The van der Waals surface area contributed by atoms with Crippen LogP contribution in [0.15, 0.2) is 48.5 Å². The fourth-order valence-electron chi connectivity index (χ4n) is 1.80. The number of fused-ring (bicyclic) bond motifs is 3. The Kier molecular flexibility index (Phi) is 6.89. The van der Waals surface area contributed by atoms with Gasteiger partial charge in [0.1, 0.15) is 0 Å². The molecule has 0 bridgehead atoms. The van der Waals surface area contributed by atoms with Crippen molar-refractivity contribution < 1.29 is 30.1 Å². The molecule has 7 N–H and O–H groups in total. The molecule has 0 fully saturated rings. The molecule has 110 valence electrons. The smallest absolute Gasteiger partial charge is 0.402 e. The fraction of sp³-hybridized carbons (Fsp3) is 0. The second kappa shape index (κ2) is 8.42. The zero-order chi connectivity index (χ0) is 15.8. The topological polar surface area (TPSA) is 137 Å². The van der Waals surface area contributed by atoms with Crippen LogP contribution in [0, 0.1) is 0 Å². The third-order valence-corrected chi connectivity index (χ3v) is 2.41. The Balaban J connectivity index is 0.000000234. The maximum atomic E-state index is 7.17. The molecule has 9 heteroatoms. The van der Waals surface area contributed by atoms with E-state index in [2.05, 4.69) is 53.5 Å². The molecule has 0 aliphatic carbocycles. The van der Waals surface area contributed by atoms with Crippen molar-refractivity contribution in [3.63, 3.8) is 0 Å². The van der Waals surface area contributed by atoms with Crippen molar-refractivity contribution in [2.45, 2.75) is 0 Å². The van der Waals surface area contributed by atoms with Crippen LogP contribution < -0.4 is 0 Å². The molecule has 0 aliphatic rings. The van der Waals surface area contributed by atoms with Gasteiger partial charge in [-0.1, -0.05) is 36.4 Å². The van der Waals surface area contributed by atoms with E-state index in [9.17, 15) is 0 Å². The molecule has 21 heavy (non-hydrogen) atoms. The summed E-state index contributed by atoms with van der Waals surface area (Å²) in [6.07, 6.45) is 0. The van der Waals surface area contributed by atoms with Gasteiger partial charge in [0.25, 0.3) is 0 Å². The van der Waals surface area contributed by atoms with Crippen molar-refractivity contribution in [3.05, 3.63) is 48.5 Å².